The molecule has 0 bridgehead atoms. The first-order chi connectivity index (χ1) is 12.6. The number of aromatic nitrogens is 1. The van der Waals surface area contributed by atoms with Crippen molar-refractivity contribution in [1.82, 2.24) is 4.98 Å². The number of nitrogens with zero attached hydrogens (tertiary/aromatic N) is 1. The average molecular weight is 348 g/mol. The maximum absolute atomic E-state index is 12.1. The Bertz CT molecular complexity index is 909. The van der Waals surface area contributed by atoms with Gasteiger partial charge < -0.3 is 10.1 Å². The first kappa shape index (κ1) is 17.6. The van der Waals surface area contributed by atoms with Crippen LogP contribution in [0.5, 0.6) is 0 Å². The molecule has 1 amide bonds. The lowest BCUT2D eigenvalue weighted by atomic mass is 10.1. The van der Waals surface area contributed by atoms with Gasteiger partial charge in [0.15, 0.2) is 6.10 Å². The number of nitrogens with one attached hydrogen (secondary N) is 1. The van der Waals surface area contributed by atoms with Crippen LogP contribution in [-0.4, -0.2) is 23.0 Å². The molecule has 0 saturated carbocycles. The number of rotatable bonds is 6. The Morgan fingerprint density at radius 1 is 1.00 bits per heavy atom. The van der Waals surface area contributed by atoms with Gasteiger partial charge in [0.25, 0.3) is 5.91 Å². The average Bonchev–Trinajstić information content (AvgIpc) is 2.67. The van der Waals surface area contributed by atoms with Crippen LogP contribution in [0.25, 0.3) is 10.9 Å². The van der Waals surface area contributed by atoms with Crippen LogP contribution in [0.4, 0.5) is 5.69 Å². The highest BCUT2D eigenvalue weighted by atomic mass is 16.5. The predicted octanol–water partition coefficient (Wildman–Crippen LogP) is 3.74. The van der Waals surface area contributed by atoms with E-state index in [0.717, 1.165) is 16.6 Å². The zero-order chi connectivity index (χ0) is 18.4. The SMILES string of the molecule is C[C@@H](OC(=O)CCc1ccc2ccccc2n1)C(=O)Nc1ccccc1. The minimum absolute atomic E-state index is 0.175. The molecule has 1 aromatic heterocycles. The summed E-state index contributed by atoms with van der Waals surface area (Å²) in [5.74, 6) is -0.774. The monoisotopic (exact) mass is 348 g/mol. The summed E-state index contributed by atoms with van der Waals surface area (Å²) in [6.45, 7) is 1.56. The Morgan fingerprint density at radius 3 is 2.54 bits per heavy atom. The van der Waals surface area contributed by atoms with Gasteiger partial charge >= 0.3 is 5.97 Å². The highest BCUT2D eigenvalue weighted by Crippen LogP contribution is 2.13. The molecule has 26 heavy (non-hydrogen) atoms. The Hall–Kier alpha value is -3.21. The largest absolute Gasteiger partial charge is 0.453 e. The molecule has 0 aliphatic carbocycles. The number of benzene rings is 2. The summed E-state index contributed by atoms with van der Waals surface area (Å²) in [4.78, 5) is 28.6. The molecule has 0 unspecified atom stereocenters. The Labute approximate surface area is 152 Å². The molecular formula is C21H20N2O3. The van der Waals surface area contributed by atoms with E-state index < -0.39 is 12.1 Å². The molecule has 3 aromatic rings. The number of para-hydroxylation sites is 2. The third-order valence-electron chi connectivity index (χ3n) is 3.96. The van der Waals surface area contributed by atoms with E-state index in [9.17, 15) is 9.59 Å². The van der Waals surface area contributed by atoms with Gasteiger partial charge in [0.2, 0.25) is 0 Å². The quantitative estimate of drug-likeness (QED) is 0.689. The smallest absolute Gasteiger partial charge is 0.306 e. The summed E-state index contributed by atoms with van der Waals surface area (Å²) < 4.78 is 5.21. The molecule has 0 fully saturated rings. The number of hydrogen-bond donors (Lipinski definition) is 1. The summed E-state index contributed by atoms with van der Waals surface area (Å²) in [6, 6.07) is 20.8. The number of aryl methyl sites for hydroxylation is 1. The summed E-state index contributed by atoms with van der Waals surface area (Å²) >= 11 is 0. The van der Waals surface area contributed by atoms with Crippen molar-refractivity contribution in [1.29, 1.82) is 0 Å². The fourth-order valence-electron chi connectivity index (χ4n) is 2.55. The van der Waals surface area contributed by atoms with Crippen LogP contribution in [0, 0.1) is 0 Å². The number of carbonyl (C=O) groups excluding carboxylic acids is 2. The maximum Gasteiger partial charge on any atom is 0.306 e. The van der Waals surface area contributed by atoms with Crippen LogP contribution >= 0.6 is 0 Å². The first-order valence-electron chi connectivity index (χ1n) is 8.52. The van der Waals surface area contributed by atoms with E-state index in [0.29, 0.717) is 12.1 Å². The van der Waals surface area contributed by atoms with E-state index in [1.54, 1.807) is 19.1 Å². The van der Waals surface area contributed by atoms with E-state index in [2.05, 4.69) is 10.3 Å². The molecule has 0 radical (unpaired) electrons. The number of pyridine rings is 1. The lowest BCUT2D eigenvalue weighted by Gasteiger charge is -2.13. The molecule has 132 valence electrons. The van der Waals surface area contributed by atoms with Gasteiger partial charge in [-0.3, -0.25) is 14.6 Å². The number of hydrogen-bond acceptors (Lipinski definition) is 4. The lowest BCUT2D eigenvalue weighted by molar-refractivity contribution is -0.153. The van der Waals surface area contributed by atoms with Gasteiger partial charge in [-0.05, 0) is 31.2 Å². The molecule has 0 spiro atoms. The van der Waals surface area contributed by atoms with Crippen molar-refractivity contribution < 1.29 is 14.3 Å². The summed E-state index contributed by atoms with van der Waals surface area (Å²) in [7, 11) is 0. The molecule has 5 nitrogen and oxygen atoms in total. The second-order valence-corrected chi connectivity index (χ2v) is 5.98. The van der Waals surface area contributed by atoms with Gasteiger partial charge in [0.1, 0.15) is 0 Å². The number of anilines is 1. The lowest BCUT2D eigenvalue weighted by Crippen LogP contribution is -2.30. The summed E-state index contributed by atoms with van der Waals surface area (Å²) in [5.41, 5.74) is 2.39. The maximum atomic E-state index is 12.1. The van der Waals surface area contributed by atoms with Crippen molar-refractivity contribution in [3.05, 3.63) is 72.4 Å². The van der Waals surface area contributed by atoms with E-state index in [4.69, 9.17) is 4.74 Å². The molecular weight excluding hydrogens is 328 g/mol. The molecule has 0 aliphatic heterocycles. The van der Waals surface area contributed by atoms with Crippen LogP contribution in [-0.2, 0) is 20.7 Å². The molecule has 0 aliphatic rings. The second-order valence-electron chi connectivity index (χ2n) is 5.98. The van der Waals surface area contributed by atoms with Crippen molar-refractivity contribution in [3.8, 4) is 0 Å². The molecule has 3 rings (SSSR count). The van der Waals surface area contributed by atoms with E-state index >= 15 is 0 Å². The van der Waals surface area contributed by atoms with E-state index in [1.165, 1.54) is 0 Å². The number of amides is 1. The number of carbonyl (C=O) groups is 2. The summed E-state index contributed by atoms with van der Waals surface area (Å²) in [5, 5.41) is 3.77. The van der Waals surface area contributed by atoms with E-state index in [1.807, 2.05) is 54.6 Å². The number of fused-ring (bicyclic) bond motifs is 1. The number of ether oxygens (including phenoxy) is 1. The fourth-order valence-corrected chi connectivity index (χ4v) is 2.55. The van der Waals surface area contributed by atoms with Crippen LogP contribution in [0.2, 0.25) is 0 Å². The van der Waals surface area contributed by atoms with Crippen molar-refractivity contribution in [2.45, 2.75) is 25.9 Å². The van der Waals surface area contributed by atoms with E-state index in [-0.39, 0.29) is 12.3 Å². The first-order valence-corrected chi connectivity index (χ1v) is 8.52. The third-order valence-corrected chi connectivity index (χ3v) is 3.96. The van der Waals surface area contributed by atoms with Crippen LogP contribution < -0.4 is 5.32 Å². The third kappa shape index (κ3) is 4.66. The molecule has 1 N–H and O–H groups in total. The van der Waals surface area contributed by atoms with Gasteiger partial charge in [-0.15, -0.1) is 0 Å². The second kappa shape index (κ2) is 8.25. The Morgan fingerprint density at radius 2 is 1.73 bits per heavy atom. The van der Waals surface area contributed by atoms with Gasteiger partial charge in [-0.1, -0.05) is 42.5 Å². The highest BCUT2D eigenvalue weighted by molar-refractivity contribution is 5.95. The van der Waals surface area contributed by atoms with Crippen molar-refractivity contribution in [2.24, 2.45) is 0 Å². The molecule has 0 saturated heterocycles. The Kier molecular flexibility index (Phi) is 5.59. The summed E-state index contributed by atoms with van der Waals surface area (Å²) in [6.07, 6.45) is -0.211. The Balaban J connectivity index is 1.50. The van der Waals surface area contributed by atoms with Crippen molar-refractivity contribution in [2.75, 3.05) is 5.32 Å². The molecule has 5 heteroatoms. The normalized spacial score (nSPS) is 11.7. The van der Waals surface area contributed by atoms with Crippen LogP contribution in [0.3, 0.4) is 0 Å². The molecule has 1 atom stereocenters. The number of esters is 1. The zero-order valence-corrected chi connectivity index (χ0v) is 14.5. The highest BCUT2D eigenvalue weighted by Gasteiger charge is 2.18. The van der Waals surface area contributed by atoms with Gasteiger partial charge in [0.05, 0.1) is 11.9 Å². The van der Waals surface area contributed by atoms with Gasteiger partial charge in [-0.2, -0.15) is 0 Å². The van der Waals surface area contributed by atoms with Crippen LogP contribution in [0.1, 0.15) is 19.0 Å². The van der Waals surface area contributed by atoms with Crippen LogP contribution in [0.15, 0.2) is 66.7 Å². The van der Waals surface area contributed by atoms with Crippen molar-refractivity contribution >= 4 is 28.5 Å². The molecule has 1 heterocycles. The molecule has 2 aromatic carbocycles. The zero-order valence-electron chi connectivity index (χ0n) is 14.5. The minimum Gasteiger partial charge on any atom is -0.453 e. The van der Waals surface area contributed by atoms with Gasteiger partial charge in [-0.25, -0.2) is 0 Å². The topological polar surface area (TPSA) is 68.3 Å². The van der Waals surface area contributed by atoms with Crippen molar-refractivity contribution in [3.63, 3.8) is 0 Å². The standard InChI is InChI=1S/C21H20N2O3/c1-15(21(25)23-17-8-3-2-4-9-17)26-20(24)14-13-18-12-11-16-7-5-6-10-19(16)22-18/h2-12,15H,13-14H2,1H3,(H,23,25)/t15-/m1/s1. The predicted molar refractivity (Wildman–Crippen MR) is 101 cm³/mol. The minimum atomic E-state index is -0.854. The van der Waals surface area contributed by atoms with Gasteiger partial charge in [0, 0.05) is 23.2 Å². The fraction of sp³-hybridized carbons (Fsp3) is 0.190.